The number of fused-ring (bicyclic) bond motifs is 1. The van der Waals surface area contributed by atoms with Crippen LogP contribution >= 0.6 is 0 Å². The predicted molar refractivity (Wildman–Crippen MR) is 126 cm³/mol. The van der Waals surface area contributed by atoms with Gasteiger partial charge in [-0.1, -0.05) is 66.7 Å². The van der Waals surface area contributed by atoms with Gasteiger partial charge in [0.2, 0.25) is 0 Å². The second-order valence-corrected chi connectivity index (χ2v) is 7.85. The molecule has 0 N–H and O–H groups in total. The summed E-state index contributed by atoms with van der Waals surface area (Å²) >= 11 is 0. The average Bonchev–Trinajstić information content (AvgIpc) is 3.30. The normalized spacial score (nSPS) is 11.3. The molecular weight excluding hydrogens is 398 g/mol. The second kappa shape index (κ2) is 8.61. The van der Waals surface area contributed by atoms with Gasteiger partial charge in [0.25, 0.3) is 5.56 Å². The van der Waals surface area contributed by atoms with E-state index in [2.05, 4.69) is 10.00 Å². The SMILES string of the molecule is CN(Cc1cnn(-c2ccccc2)c1)Cn1nc(-c2ccccc2)c2ccccc2c1=O. The van der Waals surface area contributed by atoms with E-state index >= 15 is 0 Å². The summed E-state index contributed by atoms with van der Waals surface area (Å²) in [5, 5.41) is 10.8. The van der Waals surface area contributed by atoms with Gasteiger partial charge in [0, 0.05) is 29.3 Å². The Bertz CT molecular complexity index is 1410. The van der Waals surface area contributed by atoms with Crippen LogP contribution < -0.4 is 5.56 Å². The zero-order valence-corrected chi connectivity index (χ0v) is 17.8. The van der Waals surface area contributed by atoms with Crippen LogP contribution in [0.25, 0.3) is 27.7 Å². The Balaban J connectivity index is 1.43. The summed E-state index contributed by atoms with van der Waals surface area (Å²) in [6.07, 6.45) is 3.87. The first kappa shape index (κ1) is 19.9. The van der Waals surface area contributed by atoms with E-state index in [0.717, 1.165) is 27.9 Å². The molecule has 5 aromatic rings. The van der Waals surface area contributed by atoms with E-state index in [9.17, 15) is 4.79 Å². The van der Waals surface area contributed by atoms with Crippen molar-refractivity contribution in [2.75, 3.05) is 7.05 Å². The summed E-state index contributed by atoms with van der Waals surface area (Å²) in [5.41, 5.74) is 3.79. The van der Waals surface area contributed by atoms with Gasteiger partial charge in [-0.2, -0.15) is 10.2 Å². The summed E-state index contributed by atoms with van der Waals surface area (Å²) in [5.74, 6) is 0. The van der Waals surface area contributed by atoms with E-state index < -0.39 is 0 Å². The summed E-state index contributed by atoms with van der Waals surface area (Å²) in [6, 6.07) is 27.6. The fraction of sp³-hybridized carbons (Fsp3) is 0.115. The third-order valence-corrected chi connectivity index (χ3v) is 5.40. The van der Waals surface area contributed by atoms with Gasteiger partial charge in [-0.25, -0.2) is 9.36 Å². The van der Waals surface area contributed by atoms with Crippen LogP contribution in [0.15, 0.2) is 102 Å². The van der Waals surface area contributed by atoms with Crippen LogP contribution in [0.2, 0.25) is 0 Å². The third kappa shape index (κ3) is 3.96. The fourth-order valence-electron chi connectivity index (χ4n) is 3.89. The van der Waals surface area contributed by atoms with Gasteiger partial charge in [-0.05, 0) is 25.2 Å². The highest BCUT2D eigenvalue weighted by atomic mass is 16.1. The predicted octanol–water partition coefficient (Wildman–Crippen LogP) is 4.34. The quantitative estimate of drug-likeness (QED) is 0.409. The zero-order valence-electron chi connectivity index (χ0n) is 17.8. The van der Waals surface area contributed by atoms with E-state index in [-0.39, 0.29) is 5.56 Å². The van der Waals surface area contributed by atoms with E-state index in [4.69, 9.17) is 5.10 Å². The van der Waals surface area contributed by atoms with Crippen molar-refractivity contribution in [1.29, 1.82) is 0 Å². The molecule has 0 aliphatic carbocycles. The molecule has 32 heavy (non-hydrogen) atoms. The van der Waals surface area contributed by atoms with Crippen molar-refractivity contribution in [3.63, 3.8) is 0 Å². The number of rotatable bonds is 6. The summed E-state index contributed by atoms with van der Waals surface area (Å²) in [7, 11) is 1.98. The fourth-order valence-corrected chi connectivity index (χ4v) is 3.89. The molecule has 0 unspecified atom stereocenters. The number of aromatic nitrogens is 4. The molecule has 0 atom stereocenters. The summed E-state index contributed by atoms with van der Waals surface area (Å²) < 4.78 is 3.41. The first-order chi connectivity index (χ1) is 15.7. The second-order valence-electron chi connectivity index (χ2n) is 7.85. The summed E-state index contributed by atoms with van der Waals surface area (Å²) in [4.78, 5) is 15.2. The Morgan fingerprint density at radius 2 is 1.50 bits per heavy atom. The van der Waals surface area contributed by atoms with Gasteiger partial charge in [0.15, 0.2) is 0 Å². The van der Waals surface area contributed by atoms with Crippen molar-refractivity contribution in [3.05, 3.63) is 113 Å². The Labute approximate surface area is 186 Å². The number of hydrogen-bond acceptors (Lipinski definition) is 4. The van der Waals surface area contributed by atoms with Crippen LogP contribution in [0, 0.1) is 0 Å². The molecule has 0 amide bonds. The molecule has 2 heterocycles. The largest absolute Gasteiger partial charge is 0.283 e. The van der Waals surface area contributed by atoms with Crippen molar-refractivity contribution in [2.24, 2.45) is 0 Å². The van der Waals surface area contributed by atoms with Gasteiger partial charge in [0.1, 0.15) is 0 Å². The lowest BCUT2D eigenvalue weighted by Crippen LogP contribution is -2.31. The maximum absolute atomic E-state index is 13.1. The van der Waals surface area contributed by atoms with E-state index in [1.807, 2.05) is 109 Å². The highest BCUT2D eigenvalue weighted by Crippen LogP contribution is 2.24. The molecule has 0 bridgehead atoms. The number of benzene rings is 3. The lowest BCUT2D eigenvalue weighted by Gasteiger charge is -2.18. The Morgan fingerprint density at radius 3 is 2.25 bits per heavy atom. The number of para-hydroxylation sites is 1. The first-order valence-electron chi connectivity index (χ1n) is 10.5. The van der Waals surface area contributed by atoms with Crippen molar-refractivity contribution in [3.8, 4) is 16.9 Å². The third-order valence-electron chi connectivity index (χ3n) is 5.40. The molecule has 3 aromatic carbocycles. The van der Waals surface area contributed by atoms with Crippen molar-refractivity contribution >= 4 is 10.8 Å². The van der Waals surface area contributed by atoms with Gasteiger partial charge in [-0.3, -0.25) is 9.69 Å². The van der Waals surface area contributed by atoms with Crippen molar-refractivity contribution in [2.45, 2.75) is 13.2 Å². The van der Waals surface area contributed by atoms with Crippen molar-refractivity contribution < 1.29 is 0 Å². The summed E-state index contributed by atoms with van der Waals surface area (Å²) in [6.45, 7) is 1.02. The molecule has 5 rings (SSSR count). The standard InChI is InChI=1S/C26H23N5O/c1-29(17-20-16-27-30(18-20)22-12-6-3-7-13-22)19-31-26(32)24-15-9-8-14-23(24)25(28-31)21-10-4-2-5-11-21/h2-16,18H,17,19H2,1H3. The Hall–Kier alpha value is -4.03. The minimum atomic E-state index is -0.0906. The van der Waals surface area contributed by atoms with Crippen molar-refractivity contribution in [1.82, 2.24) is 24.5 Å². The lowest BCUT2D eigenvalue weighted by molar-refractivity contribution is 0.241. The van der Waals surface area contributed by atoms with Gasteiger partial charge in [0.05, 0.1) is 29.6 Å². The van der Waals surface area contributed by atoms with Gasteiger partial charge >= 0.3 is 0 Å². The molecule has 0 radical (unpaired) electrons. The highest BCUT2D eigenvalue weighted by Gasteiger charge is 2.13. The maximum Gasteiger partial charge on any atom is 0.275 e. The van der Waals surface area contributed by atoms with Crippen LogP contribution in [0.4, 0.5) is 0 Å². The number of nitrogens with zero attached hydrogens (tertiary/aromatic N) is 5. The van der Waals surface area contributed by atoms with Crippen LogP contribution in [0.3, 0.4) is 0 Å². The molecule has 0 saturated carbocycles. The monoisotopic (exact) mass is 421 g/mol. The Kier molecular flexibility index (Phi) is 5.35. The molecular formula is C26H23N5O. The molecule has 2 aromatic heterocycles. The molecule has 0 aliphatic heterocycles. The molecule has 0 fully saturated rings. The van der Waals surface area contributed by atoms with E-state index in [1.165, 1.54) is 0 Å². The zero-order chi connectivity index (χ0) is 21.9. The first-order valence-corrected chi connectivity index (χ1v) is 10.5. The smallest absolute Gasteiger partial charge is 0.275 e. The van der Waals surface area contributed by atoms with Crippen LogP contribution in [-0.2, 0) is 13.2 Å². The van der Waals surface area contributed by atoms with E-state index in [0.29, 0.717) is 18.6 Å². The molecule has 0 aliphatic rings. The van der Waals surface area contributed by atoms with Crippen LogP contribution in [0.5, 0.6) is 0 Å². The lowest BCUT2D eigenvalue weighted by atomic mass is 10.1. The molecule has 0 spiro atoms. The number of hydrogen-bond donors (Lipinski definition) is 0. The molecule has 6 heteroatoms. The van der Waals surface area contributed by atoms with Crippen LogP contribution in [0.1, 0.15) is 5.56 Å². The minimum Gasteiger partial charge on any atom is -0.283 e. The van der Waals surface area contributed by atoms with Gasteiger partial charge in [-0.15, -0.1) is 0 Å². The molecule has 6 nitrogen and oxygen atoms in total. The molecule has 0 saturated heterocycles. The van der Waals surface area contributed by atoms with Crippen LogP contribution in [-0.4, -0.2) is 31.5 Å². The topological polar surface area (TPSA) is 56.0 Å². The maximum atomic E-state index is 13.1. The minimum absolute atomic E-state index is 0.0906. The molecule has 158 valence electrons. The highest BCUT2D eigenvalue weighted by molar-refractivity contribution is 5.93. The van der Waals surface area contributed by atoms with Gasteiger partial charge < -0.3 is 0 Å². The average molecular weight is 422 g/mol. The Morgan fingerprint density at radius 1 is 0.844 bits per heavy atom. The van der Waals surface area contributed by atoms with E-state index in [1.54, 1.807) is 4.68 Å².